The first-order valence-electron chi connectivity index (χ1n) is 8.23. The van der Waals surface area contributed by atoms with E-state index in [4.69, 9.17) is 21.1 Å². The zero-order valence-corrected chi connectivity index (χ0v) is 15.1. The molecule has 0 amide bonds. The molecule has 3 heterocycles. The van der Waals surface area contributed by atoms with Crippen LogP contribution in [0.1, 0.15) is 25.5 Å². The van der Waals surface area contributed by atoms with Gasteiger partial charge in [-0.05, 0) is 44.2 Å². The molecule has 0 saturated carbocycles. The molecule has 0 spiro atoms. The molecule has 1 aliphatic heterocycles. The molecule has 6 nitrogen and oxygen atoms in total. The van der Waals surface area contributed by atoms with Gasteiger partial charge in [-0.2, -0.15) is 0 Å². The van der Waals surface area contributed by atoms with Gasteiger partial charge >= 0.3 is 0 Å². The summed E-state index contributed by atoms with van der Waals surface area (Å²) in [5.41, 5.74) is 0.761. The Morgan fingerprint density at radius 3 is 2.73 bits per heavy atom. The van der Waals surface area contributed by atoms with Crippen molar-refractivity contribution in [3.8, 4) is 17.3 Å². The van der Waals surface area contributed by atoms with E-state index in [9.17, 15) is 5.11 Å². The Balaban J connectivity index is 1.63. The van der Waals surface area contributed by atoms with E-state index in [0.29, 0.717) is 22.2 Å². The average molecular weight is 372 g/mol. The van der Waals surface area contributed by atoms with Crippen LogP contribution < -0.4 is 9.47 Å². The summed E-state index contributed by atoms with van der Waals surface area (Å²) in [4.78, 5) is 4.12. The molecule has 2 unspecified atom stereocenters. The number of fused-ring (bicyclic) bond motifs is 1. The van der Waals surface area contributed by atoms with E-state index in [1.165, 1.54) is 0 Å². The number of halogens is 1. The van der Waals surface area contributed by atoms with Gasteiger partial charge in [-0.15, -0.1) is 5.10 Å². The van der Waals surface area contributed by atoms with E-state index in [-0.39, 0.29) is 0 Å². The first-order chi connectivity index (χ1) is 12.4. The number of aromatic nitrogens is 3. The normalized spacial score (nSPS) is 20.9. The van der Waals surface area contributed by atoms with Crippen LogP contribution in [-0.2, 0) is 0 Å². The van der Waals surface area contributed by atoms with Crippen LogP contribution >= 0.6 is 11.6 Å². The third-order valence-corrected chi connectivity index (χ3v) is 4.64. The van der Waals surface area contributed by atoms with Gasteiger partial charge in [0, 0.05) is 29.7 Å². The van der Waals surface area contributed by atoms with Gasteiger partial charge in [0.2, 0.25) is 5.88 Å². The number of rotatable bonds is 3. The summed E-state index contributed by atoms with van der Waals surface area (Å²) in [6, 6.07) is 10.8. The monoisotopic (exact) mass is 371 g/mol. The zero-order valence-electron chi connectivity index (χ0n) is 14.3. The number of aliphatic hydroxyl groups is 1. The van der Waals surface area contributed by atoms with E-state index in [1.807, 2.05) is 26.0 Å². The molecule has 134 valence electrons. The maximum atomic E-state index is 10.7. The van der Waals surface area contributed by atoms with E-state index < -0.39 is 17.8 Å². The fourth-order valence-electron chi connectivity index (χ4n) is 2.94. The molecule has 0 bridgehead atoms. The van der Waals surface area contributed by atoms with E-state index >= 15 is 0 Å². The number of hydrogen-bond donors (Lipinski definition) is 1. The lowest BCUT2D eigenvalue weighted by atomic mass is 9.89. The molecule has 0 fully saturated rings. The van der Waals surface area contributed by atoms with E-state index in [2.05, 4.69) is 10.1 Å². The van der Waals surface area contributed by atoms with Gasteiger partial charge in [-0.3, -0.25) is 4.98 Å². The highest BCUT2D eigenvalue weighted by Crippen LogP contribution is 2.41. The van der Waals surface area contributed by atoms with Gasteiger partial charge in [0.05, 0.1) is 11.3 Å². The van der Waals surface area contributed by atoms with Crippen LogP contribution in [0.5, 0.6) is 11.6 Å². The van der Waals surface area contributed by atoms with Crippen molar-refractivity contribution in [1.29, 1.82) is 0 Å². The predicted molar refractivity (Wildman–Crippen MR) is 96.9 cm³/mol. The van der Waals surface area contributed by atoms with Crippen molar-refractivity contribution < 1.29 is 14.6 Å². The molecule has 2 aromatic heterocycles. The summed E-state index contributed by atoms with van der Waals surface area (Å²) in [7, 11) is 0. The molecule has 0 saturated heterocycles. The Kier molecular flexibility index (Phi) is 4.09. The molecule has 1 N–H and O–H groups in total. The highest BCUT2D eigenvalue weighted by atomic mass is 35.5. The number of ether oxygens (including phenoxy) is 2. The maximum absolute atomic E-state index is 10.7. The standard InChI is InChI=1S/C19H18ClN3O3/c1-19(2)18(24)17(14-11-21-9-7-15(14)26-19)25-16-8-10-23(22-16)13-5-3-12(20)4-6-13/h3-11,17-18,24H,1-2H3. The first-order valence-corrected chi connectivity index (χ1v) is 8.61. The Morgan fingerprint density at radius 1 is 1.19 bits per heavy atom. The second kappa shape index (κ2) is 6.30. The van der Waals surface area contributed by atoms with Crippen molar-refractivity contribution in [2.45, 2.75) is 31.7 Å². The second-order valence-electron chi connectivity index (χ2n) is 6.68. The molecule has 4 rings (SSSR count). The van der Waals surface area contributed by atoms with Crippen molar-refractivity contribution in [1.82, 2.24) is 14.8 Å². The van der Waals surface area contributed by atoms with Crippen molar-refractivity contribution in [3.05, 3.63) is 65.6 Å². The number of hydrogen-bond acceptors (Lipinski definition) is 5. The Labute approximate surface area is 156 Å². The quantitative estimate of drug-likeness (QED) is 0.762. The van der Waals surface area contributed by atoms with E-state index in [1.54, 1.807) is 47.5 Å². The lowest BCUT2D eigenvalue weighted by Crippen LogP contribution is -2.50. The fraction of sp³-hybridized carbons (Fsp3) is 0.263. The van der Waals surface area contributed by atoms with Gasteiger partial charge < -0.3 is 14.6 Å². The molecular weight excluding hydrogens is 354 g/mol. The van der Waals surface area contributed by atoms with Gasteiger partial charge in [0.1, 0.15) is 17.5 Å². The molecule has 0 aliphatic carbocycles. The van der Waals surface area contributed by atoms with Gasteiger partial charge in [0.25, 0.3) is 0 Å². The lowest BCUT2D eigenvalue weighted by molar-refractivity contribution is -0.104. The van der Waals surface area contributed by atoms with Crippen molar-refractivity contribution in [3.63, 3.8) is 0 Å². The maximum Gasteiger partial charge on any atom is 0.233 e. The molecule has 2 atom stereocenters. The third kappa shape index (κ3) is 3.02. The minimum absolute atomic E-state index is 0.400. The molecule has 1 aromatic carbocycles. The topological polar surface area (TPSA) is 69.4 Å². The zero-order chi connectivity index (χ0) is 18.3. The molecule has 0 radical (unpaired) electrons. The average Bonchev–Trinajstić information content (AvgIpc) is 3.08. The number of benzene rings is 1. The van der Waals surface area contributed by atoms with Gasteiger partial charge in [-0.25, -0.2) is 4.68 Å². The number of pyridine rings is 1. The lowest BCUT2D eigenvalue weighted by Gasteiger charge is -2.41. The Bertz CT molecular complexity index is 924. The summed E-state index contributed by atoms with van der Waals surface area (Å²) in [5, 5.41) is 15.8. The van der Waals surface area contributed by atoms with Crippen LogP contribution in [0, 0.1) is 0 Å². The summed E-state index contributed by atoms with van der Waals surface area (Å²) in [6.45, 7) is 3.65. The summed E-state index contributed by atoms with van der Waals surface area (Å²) >= 11 is 5.92. The summed E-state index contributed by atoms with van der Waals surface area (Å²) in [5.74, 6) is 1.05. The fourth-order valence-corrected chi connectivity index (χ4v) is 3.07. The first kappa shape index (κ1) is 16.9. The Morgan fingerprint density at radius 2 is 1.96 bits per heavy atom. The van der Waals surface area contributed by atoms with Gasteiger partial charge in [0.15, 0.2) is 6.10 Å². The van der Waals surface area contributed by atoms with Crippen molar-refractivity contribution >= 4 is 11.6 Å². The SMILES string of the molecule is CC1(C)Oc2ccncc2C(Oc2ccn(-c3ccc(Cl)cc3)n2)C1O. The molecule has 1 aliphatic rings. The molecule has 3 aromatic rings. The van der Waals surface area contributed by atoms with Crippen LogP contribution in [0.2, 0.25) is 5.02 Å². The minimum Gasteiger partial charge on any atom is -0.484 e. The molecule has 7 heteroatoms. The van der Waals surface area contributed by atoms with Crippen LogP contribution in [-0.4, -0.2) is 31.6 Å². The number of nitrogens with zero attached hydrogens (tertiary/aromatic N) is 3. The van der Waals surface area contributed by atoms with Crippen LogP contribution in [0.3, 0.4) is 0 Å². The highest BCUT2D eigenvalue weighted by molar-refractivity contribution is 6.30. The highest BCUT2D eigenvalue weighted by Gasteiger charge is 2.44. The van der Waals surface area contributed by atoms with Crippen molar-refractivity contribution in [2.24, 2.45) is 0 Å². The molecular formula is C19H18ClN3O3. The smallest absolute Gasteiger partial charge is 0.233 e. The van der Waals surface area contributed by atoms with E-state index in [0.717, 1.165) is 5.69 Å². The van der Waals surface area contributed by atoms with Crippen molar-refractivity contribution in [2.75, 3.05) is 0 Å². The largest absolute Gasteiger partial charge is 0.484 e. The van der Waals surface area contributed by atoms with Crippen LogP contribution in [0.15, 0.2) is 55.0 Å². The van der Waals surface area contributed by atoms with Crippen LogP contribution in [0.4, 0.5) is 0 Å². The predicted octanol–water partition coefficient (Wildman–Crippen LogP) is 3.57. The summed E-state index contributed by atoms with van der Waals surface area (Å²) < 4.78 is 13.6. The molecule has 26 heavy (non-hydrogen) atoms. The number of aliphatic hydroxyl groups excluding tert-OH is 1. The third-order valence-electron chi connectivity index (χ3n) is 4.39. The Hall–Kier alpha value is -2.57. The summed E-state index contributed by atoms with van der Waals surface area (Å²) in [6.07, 6.45) is 3.59. The second-order valence-corrected chi connectivity index (χ2v) is 7.11. The van der Waals surface area contributed by atoms with Crippen LogP contribution in [0.25, 0.3) is 5.69 Å². The minimum atomic E-state index is -0.875. The van der Waals surface area contributed by atoms with Gasteiger partial charge in [-0.1, -0.05) is 11.6 Å².